The second-order valence-corrected chi connectivity index (χ2v) is 9.25. The van der Waals surface area contributed by atoms with Crippen LogP contribution in [0.5, 0.6) is 0 Å². The highest BCUT2D eigenvalue weighted by Gasteiger charge is 2.69. The normalized spacial score (nSPS) is 61.1. The van der Waals surface area contributed by atoms with Gasteiger partial charge < -0.3 is 5.32 Å². The molecule has 2 nitrogen and oxygen atoms in total. The standard InChI is InChI=1S/C17H24ClNO/c1-16-2-9-12-5-17(19-15(20)8-18)6-13(9)11(4-16)14(7-17)10(12)3-16/h9-14H,2-8H2,1H3,(H,19,20). The van der Waals surface area contributed by atoms with Crippen molar-refractivity contribution in [3.05, 3.63) is 0 Å². The van der Waals surface area contributed by atoms with E-state index < -0.39 is 0 Å². The van der Waals surface area contributed by atoms with Crippen LogP contribution < -0.4 is 5.32 Å². The second-order valence-electron chi connectivity index (χ2n) is 8.98. The van der Waals surface area contributed by atoms with Gasteiger partial charge in [-0.3, -0.25) is 4.79 Å². The number of hydrogen-bond acceptors (Lipinski definition) is 1. The Balaban J connectivity index is 1.51. The van der Waals surface area contributed by atoms with Crippen molar-refractivity contribution >= 4 is 17.5 Å². The molecule has 0 saturated heterocycles. The van der Waals surface area contributed by atoms with E-state index in [0.717, 1.165) is 35.5 Å². The molecule has 7 saturated carbocycles. The van der Waals surface area contributed by atoms with E-state index in [2.05, 4.69) is 12.2 Å². The fourth-order valence-corrected chi connectivity index (χ4v) is 7.83. The van der Waals surface area contributed by atoms with Crippen molar-refractivity contribution < 1.29 is 4.79 Å². The highest BCUT2D eigenvalue weighted by molar-refractivity contribution is 6.27. The summed E-state index contributed by atoms with van der Waals surface area (Å²) in [4.78, 5) is 11.8. The first-order valence-electron chi connectivity index (χ1n) is 8.40. The number of hydrogen-bond donors (Lipinski definition) is 1. The molecule has 7 rings (SSSR count). The van der Waals surface area contributed by atoms with Gasteiger partial charge >= 0.3 is 0 Å². The van der Waals surface area contributed by atoms with Crippen molar-refractivity contribution in [2.24, 2.45) is 40.9 Å². The number of carbonyl (C=O) groups is 1. The van der Waals surface area contributed by atoms with Crippen molar-refractivity contribution in [1.29, 1.82) is 0 Å². The highest BCUT2D eigenvalue weighted by Crippen LogP contribution is 2.74. The second kappa shape index (κ2) is 3.56. The summed E-state index contributed by atoms with van der Waals surface area (Å²) in [7, 11) is 0. The molecule has 0 spiro atoms. The van der Waals surface area contributed by atoms with Crippen molar-refractivity contribution in [1.82, 2.24) is 5.32 Å². The van der Waals surface area contributed by atoms with Gasteiger partial charge in [0.2, 0.25) is 5.91 Å². The molecular weight excluding hydrogens is 270 g/mol. The number of alkyl halides is 1. The molecule has 7 aliphatic rings. The maximum Gasteiger partial charge on any atom is 0.235 e. The molecule has 0 aromatic heterocycles. The highest BCUT2D eigenvalue weighted by atomic mass is 35.5. The molecule has 8 bridgehead atoms. The zero-order chi connectivity index (χ0) is 13.7. The Labute approximate surface area is 126 Å². The van der Waals surface area contributed by atoms with E-state index in [4.69, 9.17) is 11.6 Å². The van der Waals surface area contributed by atoms with Crippen LogP contribution in [0.4, 0.5) is 0 Å². The molecule has 1 N–H and O–H groups in total. The Hall–Kier alpha value is -0.240. The van der Waals surface area contributed by atoms with Gasteiger partial charge in [0.05, 0.1) is 0 Å². The molecule has 0 aromatic carbocycles. The molecule has 0 radical (unpaired) electrons. The lowest BCUT2D eigenvalue weighted by Gasteiger charge is -2.74. The van der Waals surface area contributed by atoms with E-state index in [1.165, 1.54) is 38.5 Å². The molecule has 0 heterocycles. The third kappa shape index (κ3) is 1.35. The predicted octanol–water partition coefficient (Wildman–Crippen LogP) is 3.19. The maximum absolute atomic E-state index is 11.8. The molecule has 1 amide bonds. The van der Waals surface area contributed by atoms with E-state index in [1.807, 2.05) is 0 Å². The first kappa shape index (κ1) is 12.3. The van der Waals surface area contributed by atoms with Gasteiger partial charge in [0.25, 0.3) is 0 Å². The van der Waals surface area contributed by atoms with E-state index in [1.54, 1.807) is 0 Å². The van der Waals surface area contributed by atoms with Gasteiger partial charge in [-0.2, -0.15) is 0 Å². The molecule has 7 aliphatic carbocycles. The summed E-state index contributed by atoms with van der Waals surface area (Å²) in [5.41, 5.74) is 0.792. The SMILES string of the molecule is CC12CC3C4CC5(NC(=O)CCl)CC3C(C1)C(C5)C4C2. The van der Waals surface area contributed by atoms with Crippen molar-refractivity contribution in [3.63, 3.8) is 0 Å². The van der Waals surface area contributed by atoms with Gasteiger partial charge in [-0.15, -0.1) is 11.6 Å². The van der Waals surface area contributed by atoms with E-state index in [9.17, 15) is 4.79 Å². The number of carbonyl (C=O) groups excluding carboxylic acids is 1. The summed E-state index contributed by atoms with van der Waals surface area (Å²) in [5, 5.41) is 3.34. The Morgan fingerprint density at radius 3 is 1.75 bits per heavy atom. The van der Waals surface area contributed by atoms with Gasteiger partial charge in [0, 0.05) is 5.54 Å². The first-order chi connectivity index (χ1) is 9.53. The lowest BCUT2D eigenvalue weighted by Crippen LogP contribution is -2.72. The summed E-state index contributed by atoms with van der Waals surface area (Å²) < 4.78 is 0. The summed E-state index contributed by atoms with van der Waals surface area (Å²) in [6, 6.07) is 0. The molecule has 0 unspecified atom stereocenters. The van der Waals surface area contributed by atoms with Crippen LogP contribution >= 0.6 is 11.6 Å². The van der Waals surface area contributed by atoms with Crippen LogP contribution in [-0.2, 0) is 4.79 Å². The Kier molecular flexibility index (Phi) is 2.19. The fourth-order valence-electron chi connectivity index (χ4n) is 7.76. The van der Waals surface area contributed by atoms with Crippen LogP contribution in [-0.4, -0.2) is 17.3 Å². The fraction of sp³-hybridized carbons (Fsp3) is 0.941. The van der Waals surface area contributed by atoms with Gasteiger partial charge in [0.1, 0.15) is 5.88 Å². The third-order valence-corrected chi connectivity index (χ3v) is 8.13. The molecule has 3 heteroatoms. The van der Waals surface area contributed by atoms with Crippen molar-refractivity contribution in [2.75, 3.05) is 5.88 Å². The third-order valence-electron chi connectivity index (χ3n) is 7.89. The Bertz CT molecular complexity index is 424. The average molecular weight is 294 g/mol. The van der Waals surface area contributed by atoms with Gasteiger partial charge in [0.15, 0.2) is 0 Å². The minimum absolute atomic E-state index is 0.0530. The lowest BCUT2D eigenvalue weighted by molar-refractivity contribution is -0.238. The van der Waals surface area contributed by atoms with Crippen LogP contribution in [0, 0.1) is 40.9 Å². The summed E-state index contributed by atoms with van der Waals surface area (Å²) in [6.07, 6.45) is 8.17. The lowest BCUT2D eigenvalue weighted by atomic mass is 9.32. The maximum atomic E-state index is 11.8. The largest absolute Gasteiger partial charge is 0.350 e. The summed E-state index contributed by atoms with van der Waals surface area (Å²) in [5.74, 6) is 5.85. The number of rotatable bonds is 2. The smallest absolute Gasteiger partial charge is 0.235 e. The summed E-state index contributed by atoms with van der Waals surface area (Å²) in [6.45, 7) is 2.55. The van der Waals surface area contributed by atoms with E-state index >= 15 is 0 Å². The van der Waals surface area contributed by atoms with Crippen LogP contribution in [0.15, 0.2) is 0 Å². The van der Waals surface area contributed by atoms with Crippen molar-refractivity contribution in [3.8, 4) is 0 Å². The molecule has 110 valence electrons. The number of halogens is 1. The Morgan fingerprint density at radius 2 is 1.35 bits per heavy atom. The first-order valence-corrected chi connectivity index (χ1v) is 8.93. The van der Waals surface area contributed by atoms with Gasteiger partial charge in [-0.1, -0.05) is 6.92 Å². The number of nitrogens with one attached hydrogen (secondary N) is 1. The zero-order valence-electron chi connectivity index (χ0n) is 12.2. The monoisotopic (exact) mass is 293 g/mol. The minimum Gasteiger partial charge on any atom is -0.350 e. The van der Waals surface area contributed by atoms with Crippen LogP contribution in [0.1, 0.15) is 45.4 Å². The molecule has 0 aromatic rings. The van der Waals surface area contributed by atoms with E-state index in [0.29, 0.717) is 5.41 Å². The van der Waals surface area contributed by atoms with Crippen LogP contribution in [0.25, 0.3) is 0 Å². The average Bonchev–Trinajstić information content (AvgIpc) is 2.42. The van der Waals surface area contributed by atoms with Gasteiger partial charge in [-0.05, 0) is 79.4 Å². The topological polar surface area (TPSA) is 29.1 Å². The van der Waals surface area contributed by atoms with Gasteiger partial charge in [-0.25, -0.2) is 0 Å². The van der Waals surface area contributed by atoms with Crippen molar-refractivity contribution in [2.45, 2.75) is 51.0 Å². The van der Waals surface area contributed by atoms with E-state index in [-0.39, 0.29) is 17.3 Å². The number of amides is 1. The predicted molar refractivity (Wildman–Crippen MR) is 78.3 cm³/mol. The zero-order valence-corrected chi connectivity index (χ0v) is 13.0. The molecule has 0 atom stereocenters. The van der Waals surface area contributed by atoms with Crippen LogP contribution in [0.2, 0.25) is 0 Å². The minimum atomic E-state index is 0.0530. The molecule has 7 fully saturated rings. The van der Waals surface area contributed by atoms with Crippen LogP contribution in [0.3, 0.4) is 0 Å². The molecule has 0 aliphatic heterocycles. The molecule has 20 heavy (non-hydrogen) atoms. The Morgan fingerprint density at radius 1 is 0.950 bits per heavy atom. The molecular formula is C17H24ClNO. The quantitative estimate of drug-likeness (QED) is 0.779. The summed E-state index contributed by atoms with van der Waals surface area (Å²) >= 11 is 5.73.